The van der Waals surface area contributed by atoms with Crippen LogP contribution in [0.2, 0.25) is 0 Å². The molecule has 0 aliphatic carbocycles. The van der Waals surface area contributed by atoms with Crippen molar-refractivity contribution in [2.24, 2.45) is 7.05 Å². The first kappa shape index (κ1) is 11.4. The topological polar surface area (TPSA) is 78.9 Å². The van der Waals surface area contributed by atoms with Crippen LogP contribution >= 0.6 is 0 Å². The fourth-order valence-electron chi connectivity index (χ4n) is 1.14. The third kappa shape index (κ3) is 3.49. The summed E-state index contributed by atoms with van der Waals surface area (Å²) in [5, 5.41) is 7.76. The molecular formula is C9H16N4O2. The maximum absolute atomic E-state index is 11.3. The summed E-state index contributed by atoms with van der Waals surface area (Å²) in [5.41, 5.74) is -0.235. The number of hydrogen-bond donors (Lipinski definition) is 3. The molecule has 6 heteroatoms. The predicted molar refractivity (Wildman–Crippen MR) is 58.0 cm³/mol. The largest absolute Gasteiger partial charge is 0.338 e. The van der Waals surface area contributed by atoms with Crippen LogP contribution in [0.15, 0.2) is 10.9 Å². The zero-order valence-corrected chi connectivity index (χ0v) is 8.96. The minimum atomic E-state index is -0.293. The van der Waals surface area contributed by atoms with Crippen LogP contribution in [-0.4, -0.2) is 22.4 Å². The molecule has 6 nitrogen and oxygen atoms in total. The molecule has 0 bridgehead atoms. The SMILES string of the molecule is CCCCNC(=O)Nc1cc(=O)[nH]n1C. The fourth-order valence-corrected chi connectivity index (χ4v) is 1.14. The van der Waals surface area contributed by atoms with E-state index in [0.29, 0.717) is 12.4 Å². The number of aromatic nitrogens is 2. The van der Waals surface area contributed by atoms with Crippen molar-refractivity contribution in [1.29, 1.82) is 0 Å². The Balaban J connectivity index is 2.44. The quantitative estimate of drug-likeness (QED) is 0.640. The van der Waals surface area contributed by atoms with Crippen molar-refractivity contribution in [2.45, 2.75) is 19.8 Å². The van der Waals surface area contributed by atoms with Crippen LogP contribution in [0.25, 0.3) is 0 Å². The second kappa shape index (κ2) is 5.23. The standard InChI is InChI=1S/C9H16N4O2/c1-3-4-5-10-9(15)11-7-6-8(14)12-13(7)2/h6H,3-5H2,1-2H3,(H,12,14)(H2,10,11,15). The maximum atomic E-state index is 11.3. The predicted octanol–water partition coefficient (Wildman–Crippen LogP) is 0.635. The molecule has 84 valence electrons. The van der Waals surface area contributed by atoms with Gasteiger partial charge in [-0.05, 0) is 6.42 Å². The van der Waals surface area contributed by atoms with Crippen LogP contribution in [0.1, 0.15) is 19.8 Å². The van der Waals surface area contributed by atoms with Crippen molar-refractivity contribution in [1.82, 2.24) is 15.1 Å². The van der Waals surface area contributed by atoms with E-state index in [9.17, 15) is 9.59 Å². The molecule has 1 aromatic heterocycles. The first-order valence-electron chi connectivity index (χ1n) is 4.94. The smallest absolute Gasteiger partial charge is 0.320 e. The van der Waals surface area contributed by atoms with Crippen molar-refractivity contribution in [3.8, 4) is 0 Å². The molecule has 3 N–H and O–H groups in total. The van der Waals surface area contributed by atoms with Crippen molar-refractivity contribution in [3.63, 3.8) is 0 Å². The second-order valence-corrected chi connectivity index (χ2v) is 3.30. The van der Waals surface area contributed by atoms with E-state index in [1.165, 1.54) is 10.7 Å². The molecule has 0 fully saturated rings. The van der Waals surface area contributed by atoms with Crippen LogP contribution in [0.5, 0.6) is 0 Å². The molecule has 0 saturated carbocycles. The highest BCUT2D eigenvalue weighted by Crippen LogP contribution is 1.98. The van der Waals surface area contributed by atoms with Gasteiger partial charge in [-0.3, -0.25) is 19.9 Å². The highest BCUT2D eigenvalue weighted by Gasteiger charge is 2.04. The van der Waals surface area contributed by atoms with Gasteiger partial charge in [-0.25, -0.2) is 4.79 Å². The van der Waals surface area contributed by atoms with E-state index in [0.717, 1.165) is 12.8 Å². The van der Waals surface area contributed by atoms with Gasteiger partial charge in [0.15, 0.2) is 0 Å². The number of anilines is 1. The summed E-state index contributed by atoms with van der Waals surface area (Å²) in [7, 11) is 1.66. The number of nitrogens with zero attached hydrogens (tertiary/aromatic N) is 1. The number of hydrogen-bond acceptors (Lipinski definition) is 2. The van der Waals surface area contributed by atoms with Crippen LogP contribution in [0.3, 0.4) is 0 Å². The molecule has 1 heterocycles. The van der Waals surface area contributed by atoms with Crippen molar-refractivity contribution < 1.29 is 4.79 Å². The van der Waals surface area contributed by atoms with E-state index in [4.69, 9.17) is 0 Å². The van der Waals surface area contributed by atoms with Gasteiger partial charge in [0, 0.05) is 19.7 Å². The van der Waals surface area contributed by atoms with Crippen LogP contribution in [-0.2, 0) is 7.05 Å². The number of H-pyrrole nitrogens is 1. The Morgan fingerprint density at radius 3 is 2.87 bits per heavy atom. The van der Waals surface area contributed by atoms with Crippen LogP contribution in [0.4, 0.5) is 10.6 Å². The Morgan fingerprint density at radius 2 is 2.33 bits per heavy atom. The van der Waals surface area contributed by atoms with E-state index in [1.54, 1.807) is 7.05 Å². The van der Waals surface area contributed by atoms with Gasteiger partial charge in [0.1, 0.15) is 5.82 Å². The molecule has 0 atom stereocenters. The number of aromatic amines is 1. The zero-order valence-electron chi connectivity index (χ0n) is 8.96. The first-order valence-corrected chi connectivity index (χ1v) is 4.94. The minimum absolute atomic E-state index is 0.235. The van der Waals surface area contributed by atoms with Gasteiger partial charge in [0.2, 0.25) is 0 Å². The number of carbonyl (C=O) groups excluding carboxylic acids is 1. The summed E-state index contributed by atoms with van der Waals surface area (Å²) in [4.78, 5) is 22.2. The molecule has 0 saturated heterocycles. The van der Waals surface area contributed by atoms with E-state index in [-0.39, 0.29) is 11.6 Å². The molecule has 0 aliphatic heterocycles. The highest BCUT2D eigenvalue weighted by atomic mass is 16.2. The summed E-state index contributed by atoms with van der Waals surface area (Å²) in [6.07, 6.45) is 1.97. The fraction of sp³-hybridized carbons (Fsp3) is 0.556. The molecule has 0 unspecified atom stereocenters. The summed E-state index contributed by atoms with van der Waals surface area (Å²) in [6, 6.07) is 1.04. The lowest BCUT2D eigenvalue weighted by molar-refractivity contribution is 0.252. The number of urea groups is 1. The van der Waals surface area contributed by atoms with E-state index >= 15 is 0 Å². The van der Waals surface area contributed by atoms with E-state index in [1.807, 2.05) is 0 Å². The molecule has 0 radical (unpaired) electrons. The van der Waals surface area contributed by atoms with Gasteiger partial charge in [-0.1, -0.05) is 13.3 Å². The van der Waals surface area contributed by atoms with Gasteiger partial charge >= 0.3 is 6.03 Å². The lowest BCUT2D eigenvalue weighted by Crippen LogP contribution is -2.30. The lowest BCUT2D eigenvalue weighted by atomic mass is 10.3. The number of carbonyl (C=O) groups is 1. The number of unbranched alkanes of at least 4 members (excludes halogenated alkanes) is 1. The molecule has 1 aromatic rings. The lowest BCUT2D eigenvalue weighted by Gasteiger charge is -2.06. The second-order valence-electron chi connectivity index (χ2n) is 3.30. The van der Waals surface area contributed by atoms with E-state index in [2.05, 4.69) is 22.7 Å². The van der Waals surface area contributed by atoms with Gasteiger partial charge < -0.3 is 5.32 Å². The monoisotopic (exact) mass is 212 g/mol. The van der Waals surface area contributed by atoms with E-state index < -0.39 is 0 Å². The first-order chi connectivity index (χ1) is 7.13. The maximum Gasteiger partial charge on any atom is 0.320 e. The van der Waals surface area contributed by atoms with Crippen molar-refractivity contribution in [2.75, 3.05) is 11.9 Å². The highest BCUT2D eigenvalue weighted by molar-refractivity contribution is 5.88. The summed E-state index contributed by atoms with van der Waals surface area (Å²) in [5.74, 6) is 0.453. The van der Waals surface area contributed by atoms with Crippen LogP contribution in [0, 0.1) is 0 Å². The van der Waals surface area contributed by atoms with Crippen LogP contribution < -0.4 is 16.2 Å². The Bertz CT molecular complexity index is 380. The normalized spacial score (nSPS) is 10.0. The van der Waals surface area contributed by atoms with Gasteiger partial charge in [-0.15, -0.1) is 0 Å². The summed E-state index contributed by atoms with van der Waals surface area (Å²) < 4.78 is 1.46. The minimum Gasteiger partial charge on any atom is -0.338 e. The Morgan fingerprint density at radius 1 is 1.60 bits per heavy atom. The average Bonchev–Trinajstić information content (AvgIpc) is 2.45. The molecule has 15 heavy (non-hydrogen) atoms. The molecule has 1 rings (SSSR count). The summed E-state index contributed by atoms with van der Waals surface area (Å²) >= 11 is 0. The Labute approximate surface area is 87.7 Å². The Kier molecular flexibility index (Phi) is 3.96. The van der Waals surface area contributed by atoms with Crippen molar-refractivity contribution in [3.05, 3.63) is 16.4 Å². The number of amides is 2. The number of nitrogens with one attached hydrogen (secondary N) is 3. The zero-order chi connectivity index (χ0) is 11.3. The van der Waals surface area contributed by atoms with Gasteiger partial charge in [0.25, 0.3) is 5.56 Å². The molecular weight excluding hydrogens is 196 g/mol. The molecule has 2 amide bonds. The molecule has 0 aliphatic rings. The molecule has 0 aromatic carbocycles. The average molecular weight is 212 g/mol. The number of aryl methyl sites for hydroxylation is 1. The third-order valence-electron chi connectivity index (χ3n) is 1.96. The third-order valence-corrected chi connectivity index (χ3v) is 1.96. The number of rotatable bonds is 4. The van der Waals surface area contributed by atoms with Crippen molar-refractivity contribution >= 4 is 11.8 Å². The molecule has 0 spiro atoms. The van der Waals surface area contributed by atoms with Gasteiger partial charge in [0.05, 0.1) is 0 Å². The summed E-state index contributed by atoms with van der Waals surface area (Å²) in [6.45, 7) is 2.69. The van der Waals surface area contributed by atoms with Gasteiger partial charge in [-0.2, -0.15) is 0 Å². The Hall–Kier alpha value is -1.72.